The molecular formula is C16H24N2O2. The number of nitrogens with one attached hydrogen (secondary N) is 1. The highest BCUT2D eigenvalue weighted by Gasteiger charge is 2.35. The molecule has 1 saturated carbocycles. The maximum atomic E-state index is 10.9. The number of nitro benzene ring substituents is 1. The zero-order chi connectivity index (χ0) is 14.8. The lowest BCUT2D eigenvalue weighted by Crippen LogP contribution is -2.39. The van der Waals surface area contributed by atoms with Gasteiger partial charge >= 0.3 is 0 Å². The number of nitrogens with zero attached hydrogens (tertiary/aromatic N) is 1. The Morgan fingerprint density at radius 2 is 2.25 bits per heavy atom. The molecule has 2 atom stereocenters. The third-order valence-electron chi connectivity index (χ3n) is 4.55. The van der Waals surface area contributed by atoms with Crippen LogP contribution in [0.15, 0.2) is 24.3 Å². The normalized spacial score (nSPS) is 22.6. The number of hydrogen-bond donors (Lipinski definition) is 1. The molecule has 1 aliphatic carbocycles. The van der Waals surface area contributed by atoms with E-state index in [9.17, 15) is 10.1 Å². The van der Waals surface area contributed by atoms with E-state index in [1.54, 1.807) is 18.2 Å². The van der Waals surface area contributed by atoms with Crippen LogP contribution in [0.5, 0.6) is 0 Å². The molecular weight excluding hydrogens is 252 g/mol. The van der Waals surface area contributed by atoms with Gasteiger partial charge in [-0.25, -0.2) is 0 Å². The smallest absolute Gasteiger partial charge is 0.269 e. The second kappa shape index (κ2) is 5.92. The topological polar surface area (TPSA) is 55.2 Å². The van der Waals surface area contributed by atoms with E-state index in [1.165, 1.54) is 19.3 Å². The van der Waals surface area contributed by atoms with Crippen molar-refractivity contribution < 1.29 is 4.92 Å². The second-order valence-electron chi connectivity index (χ2n) is 6.41. The molecule has 0 spiro atoms. The third-order valence-corrected chi connectivity index (χ3v) is 4.55. The summed E-state index contributed by atoms with van der Waals surface area (Å²) in [5, 5.41) is 14.6. The fourth-order valence-corrected chi connectivity index (χ4v) is 3.18. The van der Waals surface area contributed by atoms with Gasteiger partial charge in [0.05, 0.1) is 4.92 Å². The largest absolute Gasteiger partial charge is 0.307 e. The minimum Gasteiger partial charge on any atom is -0.307 e. The Morgan fingerprint density at radius 1 is 1.50 bits per heavy atom. The number of benzene rings is 1. The predicted octanol–water partition coefficient (Wildman–Crippen LogP) is 4.21. The molecule has 0 amide bonds. The second-order valence-corrected chi connectivity index (χ2v) is 6.41. The standard InChI is InChI=1S/C16H24N2O2/c1-4-14(17-15-9-6-10-16(15,2)3)12-7-5-8-13(11-12)18(19)20/h5,7-8,11,14-15,17H,4,6,9-10H2,1-3H3. The van der Waals surface area contributed by atoms with E-state index < -0.39 is 0 Å². The van der Waals surface area contributed by atoms with Crippen LogP contribution >= 0.6 is 0 Å². The molecule has 1 aromatic rings. The molecule has 1 fully saturated rings. The molecule has 2 unspecified atom stereocenters. The molecule has 0 saturated heterocycles. The summed E-state index contributed by atoms with van der Waals surface area (Å²) in [4.78, 5) is 10.6. The van der Waals surface area contributed by atoms with Crippen molar-refractivity contribution in [1.29, 1.82) is 0 Å². The Balaban J connectivity index is 2.16. The van der Waals surface area contributed by atoms with Crippen molar-refractivity contribution in [2.75, 3.05) is 0 Å². The van der Waals surface area contributed by atoms with Gasteiger partial charge in [-0.15, -0.1) is 0 Å². The lowest BCUT2D eigenvalue weighted by molar-refractivity contribution is -0.384. The van der Waals surface area contributed by atoms with E-state index in [2.05, 4.69) is 26.1 Å². The average molecular weight is 276 g/mol. The molecule has 1 aliphatic rings. The van der Waals surface area contributed by atoms with Crippen molar-refractivity contribution in [2.24, 2.45) is 5.41 Å². The van der Waals surface area contributed by atoms with E-state index in [4.69, 9.17) is 0 Å². The first-order valence-corrected chi connectivity index (χ1v) is 7.44. The summed E-state index contributed by atoms with van der Waals surface area (Å²) < 4.78 is 0. The van der Waals surface area contributed by atoms with Crippen molar-refractivity contribution in [1.82, 2.24) is 5.32 Å². The summed E-state index contributed by atoms with van der Waals surface area (Å²) in [5.74, 6) is 0. The van der Waals surface area contributed by atoms with Gasteiger partial charge in [0.25, 0.3) is 5.69 Å². The summed E-state index contributed by atoms with van der Waals surface area (Å²) in [7, 11) is 0. The van der Waals surface area contributed by atoms with Crippen LogP contribution in [-0.4, -0.2) is 11.0 Å². The molecule has 0 radical (unpaired) electrons. The van der Waals surface area contributed by atoms with E-state index in [0.717, 1.165) is 12.0 Å². The quantitative estimate of drug-likeness (QED) is 0.647. The molecule has 20 heavy (non-hydrogen) atoms. The Bertz CT molecular complexity index is 485. The van der Waals surface area contributed by atoms with Crippen molar-refractivity contribution >= 4 is 5.69 Å². The van der Waals surface area contributed by atoms with Gasteiger partial charge in [-0.2, -0.15) is 0 Å². The third kappa shape index (κ3) is 3.18. The summed E-state index contributed by atoms with van der Waals surface area (Å²) in [6.45, 7) is 6.73. The highest BCUT2D eigenvalue weighted by molar-refractivity contribution is 5.35. The molecule has 4 nitrogen and oxygen atoms in total. The maximum absolute atomic E-state index is 10.9. The van der Waals surface area contributed by atoms with Crippen molar-refractivity contribution in [2.45, 2.75) is 58.5 Å². The van der Waals surface area contributed by atoms with Gasteiger partial charge in [0, 0.05) is 24.2 Å². The minimum absolute atomic E-state index is 0.174. The van der Waals surface area contributed by atoms with Gasteiger partial charge in [0.2, 0.25) is 0 Å². The van der Waals surface area contributed by atoms with Gasteiger partial charge in [-0.3, -0.25) is 10.1 Å². The van der Waals surface area contributed by atoms with Crippen LogP contribution < -0.4 is 5.32 Å². The highest BCUT2D eigenvalue weighted by atomic mass is 16.6. The lowest BCUT2D eigenvalue weighted by Gasteiger charge is -2.32. The Labute approximate surface area is 120 Å². The van der Waals surface area contributed by atoms with Crippen LogP contribution in [0.2, 0.25) is 0 Å². The van der Waals surface area contributed by atoms with Crippen molar-refractivity contribution in [3.63, 3.8) is 0 Å². The van der Waals surface area contributed by atoms with Crippen LogP contribution in [-0.2, 0) is 0 Å². The summed E-state index contributed by atoms with van der Waals surface area (Å²) in [5.41, 5.74) is 1.51. The fraction of sp³-hybridized carbons (Fsp3) is 0.625. The molecule has 2 rings (SSSR count). The molecule has 4 heteroatoms. The molecule has 1 aromatic carbocycles. The van der Waals surface area contributed by atoms with Crippen LogP contribution in [0, 0.1) is 15.5 Å². The van der Waals surface area contributed by atoms with Gasteiger partial charge in [-0.05, 0) is 30.2 Å². The SMILES string of the molecule is CCC(NC1CCCC1(C)C)c1cccc([N+](=O)[O-])c1. The van der Waals surface area contributed by atoms with Crippen LogP contribution in [0.4, 0.5) is 5.69 Å². The number of hydrogen-bond acceptors (Lipinski definition) is 3. The van der Waals surface area contributed by atoms with E-state index in [0.29, 0.717) is 11.5 Å². The van der Waals surface area contributed by atoms with Crippen LogP contribution in [0.25, 0.3) is 0 Å². The van der Waals surface area contributed by atoms with Crippen LogP contribution in [0.3, 0.4) is 0 Å². The molecule has 0 aromatic heterocycles. The number of non-ortho nitro benzene ring substituents is 1. The van der Waals surface area contributed by atoms with Gasteiger partial charge in [-0.1, -0.05) is 39.3 Å². The zero-order valence-corrected chi connectivity index (χ0v) is 12.6. The van der Waals surface area contributed by atoms with Crippen molar-refractivity contribution in [3.05, 3.63) is 39.9 Å². The lowest BCUT2D eigenvalue weighted by atomic mass is 9.86. The summed E-state index contributed by atoms with van der Waals surface area (Å²) in [6, 6.07) is 7.69. The molecule has 110 valence electrons. The number of rotatable bonds is 5. The average Bonchev–Trinajstić information content (AvgIpc) is 2.75. The summed E-state index contributed by atoms with van der Waals surface area (Å²) in [6.07, 6.45) is 4.64. The van der Waals surface area contributed by atoms with E-state index >= 15 is 0 Å². The fourth-order valence-electron chi connectivity index (χ4n) is 3.18. The number of nitro groups is 1. The monoisotopic (exact) mass is 276 g/mol. The first kappa shape index (κ1) is 15.0. The molecule has 1 N–H and O–H groups in total. The summed E-state index contributed by atoms with van der Waals surface area (Å²) >= 11 is 0. The zero-order valence-electron chi connectivity index (χ0n) is 12.6. The Hall–Kier alpha value is -1.42. The van der Waals surface area contributed by atoms with E-state index in [1.807, 2.05) is 6.07 Å². The van der Waals surface area contributed by atoms with Crippen molar-refractivity contribution in [3.8, 4) is 0 Å². The molecule has 0 bridgehead atoms. The first-order chi connectivity index (χ1) is 9.44. The Kier molecular flexibility index (Phi) is 4.43. The van der Waals surface area contributed by atoms with Crippen LogP contribution in [0.1, 0.15) is 58.1 Å². The highest BCUT2D eigenvalue weighted by Crippen LogP contribution is 2.38. The predicted molar refractivity (Wildman–Crippen MR) is 80.7 cm³/mol. The first-order valence-electron chi connectivity index (χ1n) is 7.44. The molecule has 0 heterocycles. The minimum atomic E-state index is -0.324. The maximum Gasteiger partial charge on any atom is 0.269 e. The van der Waals surface area contributed by atoms with E-state index in [-0.39, 0.29) is 16.7 Å². The van der Waals surface area contributed by atoms with Gasteiger partial charge in [0.15, 0.2) is 0 Å². The Morgan fingerprint density at radius 3 is 2.80 bits per heavy atom. The van der Waals surface area contributed by atoms with Gasteiger partial charge in [0.1, 0.15) is 0 Å². The molecule has 0 aliphatic heterocycles. The van der Waals surface area contributed by atoms with Gasteiger partial charge < -0.3 is 5.32 Å².